The van der Waals surface area contributed by atoms with Crippen LogP contribution in [0.4, 0.5) is 13.2 Å². The van der Waals surface area contributed by atoms with Gasteiger partial charge in [0.15, 0.2) is 0 Å². The summed E-state index contributed by atoms with van der Waals surface area (Å²) in [4.78, 5) is 23.9. The molecule has 1 aromatic rings. The van der Waals surface area contributed by atoms with Gasteiger partial charge in [-0.05, 0) is 37.5 Å². The number of nitrogens with one attached hydrogen (secondary N) is 2. The van der Waals surface area contributed by atoms with E-state index in [0.717, 1.165) is 0 Å². The first-order valence-electron chi connectivity index (χ1n) is 7.76. The zero-order valence-corrected chi connectivity index (χ0v) is 14.6. The second kappa shape index (κ2) is 8.27. The molecule has 0 spiro atoms. The lowest BCUT2D eigenvalue weighted by Crippen LogP contribution is -2.45. The molecule has 2 unspecified atom stereocenters. The number of amides is 2. The van der Waals surface area contributed by atoms with Crippen molar-refractivity contribution in [2.24, 2.45) is 5.92 Å². The summed E-state index contributed by atoms with van der Waals surface area (Å²) in [5.74, 6) is -2.49. The molecular weight excluding hydrogens is 380 g/mol. The molecule has 1 fully saturated rings. The lowest BCUT2D eigenvalue weighted by Gasteiger charge is -2.31. The quantitative estimate of drug-likeness (QED) is 0.808. The minimum atomic E-state index is -4.25. The fourth-order valence-corrected chi connectivity index (χ4v) is 3.32. The molecule has 1 saturated carbocycles. The second-order valence-corrected chi connectivity index (χ2v) is 6.82. The molecular formula is C16H17Cl2F3N2O2. The highest BCUT2D eigenvalue weighted by Crippen LogP contribution is 2.37. The van der Waals surface area contributed by atoms with Gasteiger partial charge in [0.2, 0.25) is 5.91 Å². The number of rotatable bonds is 4. The largest absolute Gasteiger partial charge is 0.391 e. The number of halogens is 5. The van der Waals surface area contributed by atoms with Crippen LogP contribution in [0.5, 0.6) is 0 Å². The Kier molecular flexibility index (Phi) is 6.57. The third-order valence-corrected chi connectivity index (χ3v) is 4.64. The molecule has 138 valence electrons. The van der Waals surface area contributed by atoms with Gasteiger partial charge in [0.05, 0.1) is 23.0 Å². The Hall–Kier alpha value is -1.47. The Balaban J connectivity index is 1.83. The van der Waals surface area contributed by atoms with Crippen LogP contribution in [0.3, 0.4) is 0 Å². The molecule has 2 atom stereocenters. The van der Waals surface area contributed by atoms with Crippen LogP contribution in [0.25, 0.3) is 0 Å². The van der Waals surface area contributed by atoms with E-state index in [0.29, 0.717) is 17.9 Å². The van der Waals surface area contributed by atoms with Crippen LogP contribution in [-0.2, 0) is 4.79 Å². The van der Waals surface area contributed by atoms with E-state index >= 15 is 0 Å². The lowest BCUT2D eigenvalue weighted by atomic mass is 9.85. The van der Waals surface area contributed by atoms with Gasteiger partial charge in [0, 0.05) is 11.1 Å². The number of carbonyl (C=O) groups is 2. The van der Waals surface area contributed by atoms with E-state index in [2.05, 4.69) is 10.6 Å². The SMILES string of the molecule is O=C(CNC(=O)c1ccc(Cl)cc1Cl)NC1CCCC(C(F)(F)F)C1. The Morgan fingerprint density at radius 2 is 1.92 bits per heavy atom. The van der Waals surface area contributed by atoms with E-state index in [9.17, 15) is 22.8 Å². The summed E-state index contributed by atoms with van der Waals surface area (Å²) in [7, 11) is 0. The zero-order valence-electron chi connectivity index (χ0n) is 13.1. The molecule has 0 bridgehead atoms. The van der Waals surface area contributed by atoms with Gasteiger partial charge in [-0.1, -0.05) is 29.6 Å². The zero-order chi connectivity index (χ0) is 18.6. The van der Waals surface area contributed by atoms with Gasteiger partial charge in [-0.2, -0.15) is 13.2 Å². The van der Waals surface area contributed by atoms with Gasteiger partial charge in [-0.3, -0.25) is 9.59 Å². The highest BCUT2D eigenvalue weighted by molar-refractivity contribution is 6.36. The first-order chi connectivity index (χ1) is 11.7. The standard InChI is InChI=1S/C16H17Cl2F3N2O2/c17-10-4-5-12(13(18)7-10)15(25)22-8-14(24)23-11-3-1-2-9(6-11)16(19,20)21/h4-5,7,9,11H,1-3,6,8H2,(H,22,25)(H,23,24). The van der Waals surface area contributed by atoms with Gasteiger partial charge < -0.3 is 10.6 Å². The Labute approximate surface area is 153 Å². The van der Waals surface area contributed by atoms with Crippen molar-refractivity contribution in [3.05, 3.63) is 33.8 Å². The molecule has 0 heterocycles. The van der Waals surface area contributed by atoms with Crippen LogP contribution in [0.1, 0.15) is 36.0 Å². The fourth-order valence-electron chi connectivity index (χ4n) is 2.83. The molecule has 4 nitrogen and oxygen atoms in total. The van der Waals surface area contributed by atoms with Crippen molar-refractivity contribution < 1.29 is 22.8 Å². The number of hydrogen-bond donors (Lipinski definition) is 2. The average molecular weight is 397 g/mol. The number of carbonyl (C=O) groups excluding carboxylic acids is 2. The summed E-state index contributed by atoms with van der Waals surface area (Å²) >= 11 is 11.6. The van der Waals surface area contributed by atoms with Crippen molar-refractivity contribution in [2.75, 3.05) is 6.54 Å². The normalized spacial score (nSPS) is 20.8. The molecule has 25 heavy (non-hydrogen) atoms. The van der Waals surface area contributed by atoms with E-state index in [4.69, 9.17) is 23.2 Å². The minimum Gasteiger partial charge on any atom is -0.352 e. The average Bonchev–Trinajstić information content (AvgIpc) is 2.52. The smallest absolute Gasteiger partial charge is 0.352 e. The summed E-state index contributed by atoms with van der Waals surface area (Å²) in [6, 6.07) is 3.77. The maximum atomic E-state index is 12.8. The molecule has 0 saturated heterocycles. The molecule has 2 amide bonds. The van der Waals surface area contributed by atoms with Gasteiger partial charge in [0.1, 0.15) is 0 Å². The van der Waals surface area contributed by atoms with Crippen LogP contribution in [0, 0.1) is 5.92 Å². The van der Waals surface area contributed by atoms with Gasteiger partial charge in [-0.25, -0.2) is 0 Å². The molecule has 2 N–H and O–H groups in total. The number of benzene rings is 1. The monoisotopic (exact) mass is 396 g/mol. The Morgan fingerprint density at radius 3 is 2.56 bits per heavy atom. The van der Waals surface area contributed by atoms with Crippen LogP contribution in [0.15, 0.2) is 18.2 Å². The molecule has 1 aliphatic carbocycles. The molecule has 0 aliphatic heterocycles. The van der Waals surface area contributed by atoms with E-state index < -0.39 is 30.0 Å². The van der Waals surface area contributed by atoms with Crippen LogP contribution >= 0.6 is 23.2 Å². The third-order valence-electron chi connectivity index (χ3n) is 4.09. The highest BCUT2D eigenvalue weighted by atomic mass is 35.5. The van der Waals surface area contributed by atoms with Gasteiger partial charge in [0.25, 0.3) is 5.91 Å². The summed E-state index contributed by atoms with van der Waals surface area (Å²) in [6.07, 6.45) is -3.39. The van der Waals surface area contributed by atoms with Gasteiger partial charge in [-0.15, -0.1) is 0 Å². The maximum absolute atomic E-state index is 12.8. The second-order valence-electron chi connectivity index (χ2n) is 5.98. The Bertz CT molecular complexity index is 653. The molecule has 0 radical (unpaired) electrons. The van der Waals surface area contributed by atoms with E-state index in [1.807, 2.05) is 0 Å². The van der Waals surface area contributed by atoms with Crippen molar-refractivity contribution in [1.29, 1.82) is 0 Å². The lowest BCUT2D eigenvalue weighted by molar-refractivity contribution is -0.184. The molecule has 9 heteroatoms. The Morgan fingerprint density at radius 1 is 1.20 bits per heavy atom. The van der Waals surface area contributed by atoms with Crippen molar-refractivity contribution in [2.45, 2.75) is 37.9 Å². The van der Waals surface area contributed by atoms with E-state index in [-0.39, 0.29) is 30.0 Å². The van der Waals surface area contributed by atoms with Crippen LogP contribution < -0.4 is 10.6 Å². The molecule has 0 aromatic heterocycles. The summed E-state index contributed by atoms with van der Waals surface area (Å²) < 4.78 is 38.3. The number of alkyl halides is 3. The van der Waals surface area contributed by atoms with Crippen molar-refractivity contribution in [1.82, 2.24) is 10.6 Å². The van der Waals surface area contributed by atoms with E-state index in [1.54, 1.807) is 0 Å². The number of hydrogen-bond acceptors (Lipinski definition) is 2. The first kappa shape index (κ1) is 19.8. The highest BCUT2D eigenvalue weighted by Gasteiger charge is 2.42. The molecule has 1 aromatic carbocycles. The summed E-state index contributed by atoms with van der Waals surface area (Å²) in [5, 5.41) is 5.45. The van der Waals surface area contributed by atoms with Crippen LogP contribution in [0.2, 0.25) is 10.0 Å². The van der Waals surface area contributed by atoms with Crippen LogP contribution in [-0.4, -0.2) is 30.6 Å². The topological polar surface area (TPSA) is 58.2 Å². The predicted molar refractivity (Wildman–Crippen MR) is 88.7 cm³/mol. The van der Waals surface area contributed by atoms with Gasteiger partial charge >= 0.3 is 6.18 Å². The fraction of sp³-hybridized carbons (Fsp3) is 0.500. The molecule has 1 aliphatic rings. The van der Waals surface area contributed by atoms with Crippen molar-refractivity contribution in [3.63, 3.8) is 0 Å². The summed E-state index contributed by atoms with van der Waals surface area (Å²) in [5.41, 5.74) is 0.161. The predicted octanol–water partition coefficient (Wildman–Crippen LogP) is 3.96. The summed E-state index contributed by atoms with van der Waals surface area (Å²) in [6.45, 7) is -0.342. The van der Waals surface area contributed by atoms with Crippen molar-refractivity contribution in [3.8, 4) is 0 Å². The van der Waals surface area contributed by atoms with E-state index in [1.165, 1.54) is 18.2 Å². The third kappa shape index (κ3) is 5.78. The van der Waals surface area contributed by atoms with Crippen molar-refractivity contribution >= 4 is 35.0 Å². The molecule has 2 rings (SSSR count). The minimum absolute atomic E-state index is 0.0850. The first-order valence-corrected chi connectivity index (χ1v) is 8.51. The maximum Gasteiger partial charge on any atom is 0.391 e.